The quantitative estimate of drug-likeness (QED) is 0.476. The molecule has 0 rings (SSSR count). The first-order valence-corrected chi connectivity index (χ1v) is 4.82. The molecule has 0 saturated carbocycles. The molecule has 0 aromatic heterocycles. The second-order valence-corrected chi connectivity index (χ2v) is 2.99. The fourth-order valence-electron chi connectivity index (χ4n) is 1.19. The molecule has 0 spiro atoms. The standard InChI is InChI=1S/C11H16N2/c1-3-5-6-7-11(9-13)10(4-2)8-12/h3-7H2,1-2H3/b11-10-. The van der Waals surface area contributed by atoms with E-state index in [-0.39, 0.29) is 0 Å². The topological polar surface area (TPSA) is 47.6 Å². The fourth-order valence-corrected chi connectivity index (χ4v) is 1.19. The van der Waals surface area contributed by atoms with Crippen molar-refractivity contribution in [1.29, 1.82) is 10.5 Å². The highest BCUT2D eigenvalue weighted by atomic mass is 14.3. The van der Waals surface area contributed by atoms with Crippen LogP contribution in [-0.4, -0.2) is 0 Å². The molecule has 0 unspecified atom stereocenters. The number of rotatable bonds is 5. The number of hydrogen-bond donors (Lipinski definition) is 0. The van der Waals surface area contributed by atoms with Crippen molar-refractivity contribution in [3.05, 3.63) is 11.1 Å². The van der Waals surface area contributed by atoms with Crippen LogP contribution in [0.2, 0.25) is 0 Å². The summed E-state index contributed by atoms with van der Waals surface area (Å²) in [6.07, 6.45) is 4.73. The van der Waals surface area contributed by atoms with Crippen LogP contribution in [0.5, 0.6) is 0 Å². The van der Waals surface area contributed by atoms with Crippen LogP contribution < -0.4 is 0 Å². The third kappa shape index (κ3) is 4.33. The maximum Gasteiger partial charge on any atom is 0.0957 e. The Labute approximate surface area is 80.5 Å². The maximum absolute atomic E-state index is 8.80. The first-order chi connectivity index (χ1) is 6.29. The average molecular weight is 176 g/mol. The second-order valence-electron chi connectivity index (χ2n) is 2.99. The molecule has 0 saturated heterocycles. The van der Waals surface area contributed by atoms with Gasteiger partial charge in [0, 0.05) is 11.1 Å². The van der Waals surface area contributed by atoms with E-state index in [0.29, 0.717) is 17.6 Å². The minimum atomic E-state index is 0.651. The van der Waals surface area contributed by atoms with Crippen LogP contribution in [0.15, 0.2) is 11.1 Å². The summed E-state index contributed by atoms with van der Waals surface area (Å²) in [5.41, 5.74) is 1.33. The molecule has 0 aromatic carbocycles. The number of nitriles is 2. The number of hydrogen-bond acceptors (Lipinski definition) is 2. The molecule has 0 N–H and O–H groups in total. The smallest absolute Gasteiger partial charge is 0.0957 e. The van der Waals surface area contributed by atoms with Gasteiger partial charge in [-0.1, -0.05) is 26.7 Å². The lowest BCUT2D eigenvalue weighted by molar-refractivity contribution is 0.717. The third-order valence-electron chi connectivity index (χ3n) is 2.02. The SMILES string of the molecule is CCCCC/C(C#N)=C(/C#N)CC. The van der Waals surface area contributed by atoms with E-state index in [4.69, 9.17) is 10.5 Å². The molecule has 0 amide bonds. The van der Waals surface area contributed by atoms with Crippen molar-refractivity contribution in [3.8, 4) is 12.1 Å². The summed E-state index contributed by atoms with van der Waals surface area (Å²) >= 11 is 0. The molecule has 0 radical (unpaired) electrons. The summed E-state index contributed by atoms with van der Waals surface area (Å²) in [7, 11) is 0. The van der Waals surface area contributed by atoms with Crippen LogP contribution in [0.4, 0.5) is 0 Å². The molecule has 0 bridgehead atoms. The lowest BCUT2D eigenvalue weighted by Gasteiger charge is -1.99. The molecular formula is C11H16N2. The van der Waals surface area contributed by atoms with Crippen molar-refractivity contribution in [1.82, 2.24) is 0 Å². The third-order valence-corrected chi connectivity index (χ3v) is 2.02. The Morgan fingerprint density at radius 2 is 1.62 bits per heavy atom. The minimum Gasteiger partial charge on any atom is -0.193 e. The van der Waals surface area contributed by atoms with E-state index >= 15 is 0 Å². The van der Waals surface area contributed by atoms with Crippen molar-refractivity contribution < 1.29 is 0 Å². The van der Waals surface area contributed by atoms with Crippen molar-refractivity contribution >= 4 is 0 Å². The van der Waals surface area contributed by atoms with Gasteiger partial charge in [0.2, 0.25) is 0 Å². The molecule has 0 fully saturated rings. The molecule has 13 heavy (non-hydrogen) atoms. The van der Waals surface area contributed by atoms with Gasteiger partial charge in [-0.3, -0.25) is 0 Å². The fraction of sp³-hybridized carbons (Fsp3) is 0.636. The summed E-state index contributed by atoms with van der Waals surface area (Å²) in [4.78, 5) is 0. The van der Waals surface area contributed by atoms with E-state index in [0.717, 1.165) is 25.7 Å². The van der Waals surface area contributed by atoms with Gasteiger partial charge >= 0.3 is 0 Å². The Hall–Kier alpha value is -1.28. The van der Waals surface area contributed by atoms with Gasteiger partial charge in [-0.2, -0.15) is 10.5 Å². The highest BCUT2D eigenvalue weighted by Gasteiger charge is 2.03. The van der Waals surface area contributed by atoms with E-state index in [1.54, 1.807) is 0 Å². The van der Waals surface area contributed by atoms with Crippen molar-refractivity contribution in [2.45, 2.75) is 46.0 Å². The summed E-state index contributed by atoms with van der Waals surface area (Å²) in [5.74, 6) is 0. The summed E-state index contributed by atoms with van der Waals surface area (Å²) in [5, 5.41) is 17.5. The molecule has 0 aliphatic carbocycles. The predicted octanol–water partition coefficient (Wildman–Crippen LogP) is 3.32. The van der Waals surface area contributed by atoms with Crippen molar-refractivity contribution in [3.63, 3.8) is 0 Å². The van der Waals surface area contributed by atoms with Gasteiger partial charge in [-0.15, -0.1) is 0 Å². The molecule has 0 heterocycles. The highest BCUT2D eigenvalue weighted by Crippen LogP contribution is 2.14. The first-order valence-electron chi connectivity index (χ1n) is 4.82. The monoisotopic (exact) mass is 176 g/mol. The number of nitrogens with zero attached hydrogens (tertiary/aromatic N) is 2. The molecule has 0 aliphatic heterocycles. The second kappa shape index (κ2) is 7.37. The van der Waals surface area contributed by atoms with Crippen LogP contribution >= 0.6 is 0 Å². The Morgan fingerprint density at radius 1 is 1.00 bits per heavy atom. The normalized spacial score (nSPS) is 11.4. The molecule has 0 aromatic rings. The van der Waals surface area contributed by atoms with Gasteiger partial charge < -0.3 is 0 Å². The van der Waals surface area contributed by atoms with E-state index < -0.39 is 0 Å². The summed E-state index contributed by atoms with van der Waals surface area (Å²) in [6.45, 7) is 4.04. The van der Waals surface area contributed by atoms with E-state index in [1.165, 1.54) is 0 Å². The Morgan fingerprint density at radius 3 is 2.00 bits per heavy atom. The number of unbranched alkanes of at least 4 members (excludes halogenated alkanes) is 2. The molecule has 2 nitrogen and oxygen atoms in total. The zero-order valence-electron chi connectivity index (χ0n) is 8.43. The highest BCUT2D eigenvalue weighted by molar-refractivity contribution is 5.36. The van der Waals surface area contributed by atoms with Crippen LogP contribution in [-0.2, 0) is 0 Å². The zero-order chi connectivity index (χ0) is 10.1. The number of allylic oxidation sites excluding steroid dienone is 2. The molecule has 0 atom stereocenters. The van der Waals surface area contributed by atoms with Crippen LogP contribution in [0.25, 0.3) is 0 Å². The lowest BCUT2D eigenvalue weighted by Crippen LogP contribution is -1.87. The van der Waals surface area contributed by atoms with E-state index in [2.05, 4.69) is 19.1 Å². The van der Waals surface area contributed by atoms with Crippen LogP contribution in [0.3, 0.4) is 0 Å². The van der Waals surface area contributed by atoms with Crippen LogP contribution in [0, 0.1) is 22.7 Å². The minimum absolute atomic E-state index is 0.651. The molecule has 2 heteroatoms. The first kappa shape index (κ1) is 11.7. The maximum atomic E-state index is 8.80. The van der Waals surface area contributed by atoms with Gasteiger partial charge in [-0.05, 0) is 19.3 Å². The zero-order valence-corrected chi connectivity index (χ0v) is 8.43. The summed E-state index contributed by atoms with van der Waals surface area (Å²) in [6, 6.07) is 4.21. The van der Waals surface area contributed by atoms with E-state index in [1.807, 2.05) is 6.92 Å². The van der Waals surface area contributed by atoms with Gasteiger partial charge in [0.1, 0.15) is 0 Å². The van der Waals surface area contributed by atoms with Gasteiger partial charge in [0.25, 0.3) is 0 Å². The van der Waals surface area contributed by atoms with Crippen LogP contribution in [0.1, 0.15) is 46.0 Å². The predicted molar refractivity (Wildman–Crippen MR) is 52.7 cm³/mol. The Bertz CT molecular complexity index is 250. The van der Waals surface area contributed by atoms with Crippen molar-refractivity contribution in [2.75, 3.05) is 0 Å². The molecule has 70 valence electrons. The molecular weight excluding hydrogens is 160 g/mol. The average Bonchev–Trinajstić information content (AvgIpc) is 2.17. The lowest BCUT2D eigenvalue weighted by atomic mass is 10.0. The Balaban J connectivity index is 4.26. The van der Waals surface area contributed by atoms with Crippen molar-refractivity contribution in [2.24, 2.45) is 0 Å². The Kier molecular flexibility index (Phi) is 6.65. The largest absolute Gasteiger partial charge is 0.193 e. The van der Waals surface area contributed by atoms with Gasteiger partial charge in [0.05, 0.1) is 12.1 Å². The summed E-state index contributed by atoms with van der Waals surface area (Å²) < 4.78 is 0. The molecule has 0 aliphatic rings. The van der Waals surface area contributed by atoms with E-state index in [9.17, 15) is 0 Å². The van der Waals surface area contributed by atoms with Gasteiger partial charge in [0.15, 0.2) is 0 Å². The van der Waals surface area contributed by atoms with Gasteiger partial charge in [-0.25, -0.2) is 0 Å².